The van der Waals surface area contributed by atoms with Crippen LogP contribution in [-0.4, -0.2) is 11.5 Å². The molecule has 0 radical (unpaired) electrons. The molecule has 1 aromatic carbocycles. The van der Waals surface area contributed by atoms with E-state index in [4.69, 9.17) is 4.98 Å². The van der Waals surface area contributed by atoms with Gasteiger partial charge >= 0.3 is 0 Å². The van der Waals surface area contributed by atoms with Gasteiger partial charge < -0.3 is 5.32 Å². The average Bonchev–Trinajstić information content (AvgIpc) is 3.22. The first-order valence-corrected chi connectivity index (χ1v) is 8.94. The highest BCUT2D eigenvalue weighted by molar-refractivity contribution is 7.09. The van der Waals surface area contributed by atoms with Crippen molar-refractivity contribution in [2.45, 2.75) is 45.1 Å². The quantitative estimate of drug-likeness (QED) is 0.782. The molecule has 0 aliphatic heterocycles. The number of benzene rings is 1. The summed E-state index contributed by atoms with van der Waals surface area (Å²) in [6, 6.07) is 11.1. The molecule has 21 heavy (non-hydrogen) atoms. The van der Waals surface area contributed by atoms with Gasteiger partial charge in [0.1, 0.15) is 0 Å². The van der Waals surface area contributed by atoms with Crippen LogP contribution in [0.5, 0.6) is 0 Å². The lowest BCUT2D eigenvalue weighted by atomic mass is 10.0. The third kappa shape index (κ3) is 4.39. The molecule has 1 fully saturated rings. The molecule has 0 saturated heterocycles. The lowest BCUT2D eigenvalue weighted by Crippen LogP contribution is -2.24. The summed E-state index contributed by atoms with van der Waals surface area (Å²) >= 11 is 1.84. The molecule has 112 valence electrons. The van der Waals surface area contributed by atoms with Crippen molar-refractivity contribution in [1.29, 1.82) is 0 Å². The van der Waals surface area contributed by atoms with Crippen LogP contribution in [0.2, 0.25) is 0 Å². The van der Waals surface area contributed by atoms with E-state index in [9.17, 15) is 0 Å². The summed E-state index contributed by atoms with van der Waals surface area (Å²) in [6.45, 7) is 3.27. The molecule has 1 unspecified atom stereocenters. The Labute approximate surface area is 131 Å². The van der Waals surface area contributed by atoms with Gasteiger partial charge in [0.25, 0.3) is 0 Å². The van der Waals surface area contributed by atoms with E-state index in [1.807, 2.05) is 11.3 Å². The molecule has 2 aromatic rings. The predicted molar refractivity (Wildman–Crippen MR) is 89.7 cm³/mol. The van der Waals surface area contributed by atoms with E-state index >= 15 is 0 Å². The molecule has 0 amide bonds. The lowest BCUT2D eigenvalue weighted by molar-refractivity contribution is 0.525. The van der Waals surface area contributed by atoms with Gasteiger partial charge in [-0.2, -0.15) is 0 Å². The molecular weight excluding hydrogens is 276 g/mol. The van der Waals surface area contributed by atoms with Gasteiger partial charge in [0, 0.05) is 24.3 Å². The van der Waals surface area contributed by atoms with Gasteiger partial charge in [-0.15, -0.1) is 11.3 Å². The van der Waals surface area contributed by atoms with Gasteiger partial charge in [-0.05, 0) is 37.3 Å². The van der Waals surface area contributed by atoms with Crippen LogP contribution in [0, 0.1) is 5.92 Å². The molecule has 1 aliphatic rings. The van der Waals surface area contributed by atoms with Crippen molar-refractivity contribution in [1.82, 2.24) is 10.3 Å². The number of rotatable bonds is 8. The minimum absolute atomic E-state index is 0.377. The van der Waals surface area contributed by atoms with Crippen molar-refractivity contribution in [2.75, 3.05) is 6.54 Å². The molecule has 1 N–H and O–H groups in total. The van der Waals surface area contributed by atoms with Crippen LogP contribution < -0.4 is 5.32 Å². The zero-order chi connectivity index (χ0) is 14.5. The second kappa shape index (κ2) is 7.19. The Morgan fingerprint density at radius 3 is 2.81 bits per heavy atom. The zero-order valence-corrected chi connectivity index (χ0v) is 13.5. The number of hydrogen-bond acceptors (Lipinski definition) is 3. The summed E-state index contributed by atoms with van der Waals surface area (Å²) in [6.07, 6.45) is 6.15. The molecule has 1 saturated carbocycles. The maximum atomic E-state index is 4.84. The molecule has 1 heterocycles. The summed E-state index contributed by atoms with van der Waals surface area (Å²) < 4.78 is 0. The van der Waals surface area contributed by atoms with Crippen molar-refractivity contribution >= 4 is 11.3 Å². The van der Waals surface area contributed by atoms with Crippen LogP contribution >= 0.6 is 11.3 Å². The van der Waals surface area contributed by atoms with Crippen LogP contribution in [0.15, 0.2) is 35.7 Å². The molecule has 2 nitrogen and oxygen atoms in total. The monoisotopic (exact) mass is 300 g/mol. The molecule has 3 rings (SSSR count). The molecule has 1 aromatic heterocycles. The van der Waals surface area contributed by atoms with Gasteiger partial charge in [-0.1, -0.05) is 37.3 Å². The highest BCUT2D eigenvalue weighted by Gasteiger charge is 2.23. The largest absolute Gasteiger partial charge is 0.310 e. The fraction of sp³-hybridized carbons (Fsp3) is 0.500. The van der Waals surface area contributed by atoms with Crippen LogP contribution in [0.4, 0.5) is 0 Å². The Bertz CT molecular complexity index is 545. The molecule has 3 heteroatoms. The summed E-state index contributed by atoms with van der Waals surface area (Å²) in [7, 11) is 0. The van der Waals surface area contributed by atoms with Gasteiger partial charge in [0.2, 0.25) is 0 Å². The summed E-state index contributed by atoms with van der Waals surface area (Å²) in [4.78, 5) is 4.84. The summed E-state index contributed by atoms with van der Waals surface area (Å²) in [5, 5.41) is 7.24. The number of aromatic nitrogens is 1. The van der Waals surface area contributed by atoms with Crippen LogP contribution in [0.25, 0.3) is 0 Å². The van der Waals surface area contributed by atoms with Crippen molar-refractivity contribution in [3.8, 4) is 0 Å². The zero-order valence-electron chi connectivity index (χ0n) is 12.7. The van der Waals surface area contributed by atoms with E-state index in [0.29, 0.717) is 6.04 Å². The van der Waals surface area contributed by atoms with Crippen molar-refractivity contribution in [3.63, 3.8) is 0 Å². The maximum Gasteiger partial charge on any atom is 0.0931 e. The van der Waals surface area contributed by atoms with Gasteiger partial charge in [0.05, 0.1) is 10.7 Å². The third-order valence-electron chi connectivity index (χ3n) is 4.02. The number of thiazole rings is 1. The van der Waals surface area contributed by atoms with E-state index in [1.165, 1.54) is 35.5 Å². The van der Waals surface area contributed by atoms with Crippen molar-refractivity contribution < 1.29 is 0 Å². The summed E-state index contributed by atoms with van der Waals surface area (Å²) in [5.41, 5.74) is 2.61. The number of hydrogen-bond donors (Lipinski definition) is 1. The SMILES string of the molecule is CCCNC(Cc1csc(CC2CC2)n1)c1ccccc1. The predicted octanol–water partition coefficient (Wildman–Crippen LogP) is 4.38. The van der Waals surface area contributed by atoms with Gasteiger partial charge in [-0.3, -0.25) is 0 Å². The van der Waals surface area contributed by atoms with Crippen LogP contribution in [-0.2, 0) is 12.8 Å². The Balaban J connectivity index is 1.66. The van der Waals surface area contributed by atoms with Crippen molar-refractivity contribution in [3.05, 3.63) is 52.0 Å². The Morgan fingerprint density at radius 2 is 2.10 bits per heavy atom. The van der Waals surface area contributed by atoms with E-state index < -0.39 is 0 Å². The first kappa shape index (κ1) is 14.7. The smallest absolute Gasteiger partial charge is 0.0931 e. The molecule has 1 atom stereocenters. The highest BCUT2D eigenvalue weighted by atomic mass is 32.1. The summed E-state index contributed by atoms with van der Waals surface area (Å²) in [5.74, 6) is 0.923. The third-order valence-corrected chi connectivity index (χ3v) is 4.94. The van der Waals surface area contributed by atoms with Crippen molar-refractivity contribution in [2.24, 2.45) is 5.92 Å². The second-order valence-electron chi connectivity index (χ2n) is 6.00. The first-order chi connectivity index (χ1) is 10.3. The average molecular weight is 300 g/mol. The normalized spacial score (nSPS) is 16.0. The maximum absolute atomic E-state index is 4.84. The van der Waals surface area contributed by atoms with Crippen LogP contribution in [0.1, 0.15) is 48.5 Å². The lowest BCUT2D eigenvalue weighted by Gasteiger charge is -2.18. The molecular formula is C18H24N2S. The molecule has 1 aliphatic carbocycles. The minimum atomic E-state index is 0.377. The number of nitrogens with zero attached hydrogens (tertiary/aromatic N) is 1. The van der Waals surface area contributed by atoms with Gasteiger partial charge in [-0.25, -0.2) is 4.98 Å². The van der Waals surface area contributed by atoms with E-state index in [-0.39, 0.29) is 0 Å². The Kier molecular flexibility index (Phi) is 5.04. The van der Waals surface area contributed by atoms with E-state index in [0.717, 1.165) is 25.3 Å². The minimum Gasteiger partial charge on any atom is -0.310 e. The van der Waals surface area contributed by atoms with E-state index in [2.05, 4.69) is 48.0 Å². The fourth-order valence-corrected chi connectivity index (χ4v) is 3.55. The Hall–Kier alpha value is -1.19. The number of nitrogens with one attached hydrogen (secondary N) is 1. The van der Waals surface area contributed by atoms with Crippen LogP contribution in [0.3, 0.4) is 0 Å². The Morgan fingerprint density at radius 1 is 1.29 bits per heavy atom. The fourth-order valence-electron chi connectivity index (χ4n) is 2.63. The second-order valence-corrected chi connectivity index (χ2v) is 6.94. The first-order valence-electron chi connectivity index (χ1n) is 8.06. The topological polar surface area (TPSA) is 24.9 Å². The standard InChI is InChI=1S/C18H24N2S/c1-2-10-19-17(15-6-4-3-5-7-15)12-16-13-21-18(20-16)11-14-8-9-14/h3-7,13-14,17,19H,2,8-12H2,1H3. The molecule has 0 bridgehead atoms. The van der Waals surface area contributed by atoms with Gasteiger partial charge in [0.15, 0.2) is 0 Å². The van der Waals surface area contributed by atoms with E-state index in [1.54, 1.807) is 0 Å². The molecule has 0 spiro atoms. The highest BCUT2D eigenvalue weighted by Crippen LogP contribution is 2.33.